The quantitative estimate of drug-likeness (QED) is 0.703. The van der Waals surface area contributed by atoms with Gasteiger partial charge in [-0.25, -0.2) is 4.79 Å². The number of amides is 2. The molecule has 1 aliphatic rings. The predicted octanol–water partition coefficient (Wildman–Crippen LogP) is 2.03. The molecule has 0 aliphatic carbocycles. The zero-order valence-electron chi connectivity index (χ0n) is 11.8. The first-order valence-corrected chi connectivity index (χ1v) is 8.20. The minimum atomic E-state index is -0.771. The fraction of sp³-hybridized carbons (Fsp3) is 0.846. The molecule has 1 unspecified atom stereocenters. The van der Waals surface area contributed by atoms with Crippen molar-refractivity contribution in [2.75, 3.05) is 31.6 Å². The van der Waals surface area contributed by atoms with Gasteiger partial charge in [0.15, 0.2) is 0 Å². The number of aliphatic carboxylic acids is 1. The van der Waals surface area contributed by atoms with Crippen molar-refractivity contribution in [1.29, 1.82) is 0 Å². The Kier molecular flexibility index (Phi) is 6.48. The standard InChI is InChI=1S/C13H24N2O3S/c1-3-5-13(11(16)17)6-8-15(10-13)12(18)14-7-4-9-19-2/h3-10H2,1-2H3,(H,14,18)(H,16,17). The van der Waals surface area contributed by atoms with Crippen molar-refractivity contribution in [1.82, 2.24) is 10.2 Å². The van der Waals surface area contributed by atoms with Gasteiger partial charge in [-0.15, -0.1) is 0 Å². The first-order valence-electron chi connectivity index (χ1n) is 6.81. The van der Waals surface area contributed by atoms with Crippen LogP contribution in [0.25, 0.3) is 0 Å². The molecular formula is C13H24N2O3S. The number of rotatable bonds is 7. The normalized spacial score (nSPS) is 22.5. The first kappa shape index (κ1) is 16.1. The van der Waals surface area contributed by atoms with E-state index < -0.39 is 11.4 Å². The molecule has 5 nitrogen and oxygen atoms in total. The van der Waals surface area contributed by atoms with Gasteiger partial charge in [0.2, 0.25) is 0 Å². The van der Waals surface area contributed by atoms with Gasteiger partial charge in [-0.1, -0.05) is 13.3 Å². The Hall–Kier alpha value is -0.910. The van der Waals surface area contributed by atoms with E-state index in [4.69, 9.17) is 0 Å². The SMILES string of the molecule is CCCC1(C(=O)O)CCN(C(=O)NCCCSC)C1. The summed E-state index contributed by atoms with van der Waals surface area (Å²) < 4.78 is 0. The van der Waals surface area contributed by atoms with Gasteiger partial charge in [0.25, 0.3) is 0 Å². The van der Waals surface area contributed by atoms with Crippen molar-refractivity contribution in [2.24, 2.45) is 5.41 Å². The number of nitrogens with zero attached hydrogens (tertiary/aromatic N) is 1. The number of carbonyl (C=O) groups excluding carboxylic acids is 1. The first-order chi connectivity index (χ1) is 9.05. The Morgan fingerprint density at radius 1 is 1.47 bits per heavy atom. The van der Waals surface area contributed by atoms with Crippen molar-refractivity contribution >= 4 is 23.8 Å². The molecule has 6 heteroatoms. The summed E-state index contributed by atoms with van der Waals surface area (Å²) in [5, 5.41) is 12.2. The average Bonchev–Trinajstić information content (AvgIpc) is 2.81. The van der Waals surface area contributed by atoms with Gasteiger partial charge in [-0.3, -0.25) is 4.79 Å². The second-order valence-corrected chi connectivity index (χ2v) is 6.07. The zero-order chi connectivity index (χ0) is 14.3. The van der Waals surface area contributed by atoms with E-state index in [1.165, 1.54) is 0 Å². The molecule has 0 radical (unpaired) electrons. The van der Waals surface area contributed by atoms with Gasteiger partial charge in [-0.05, 0) is 31.3 Å². The zero-order valence-corrected chi connectivity index (χ0v) is 12.6. The summed E-state index contributed by atoms with van der Waals surface area (Å²) in [6.45, 7) is 3.52. The summed E-state index contributed by atoms with van der Waals surface area (Å²) in [4.78, 5) is 25.0. The van der Waals surface area contributed by atoms with Gasteiger partial charge < -0.3 is 15.3 Å². The van der Waals surface area contributed by atoms with Crippen LogP contribution in [-0.4, -0.2) is 53.6 Å². The number of thioether (sulfide) groups is 1. The highest BCUT2D eigenvalue weighted by molar-refractivity contribution is 7.98. The molecule has 1 aliphatic heterocycles. The van der Waals surface area contributed by atoms with Crippen LogP contribution in [0.15, 0.2) is 0 Å². The summed E-state index contributed by atoms with van der Waals surface area (Å²) in [6, 6.07) is -0.125. The fourth-order valence-electron chi connectivity index (χ4n) is 2.53. The van der Waals surface area contributed by atoms with E-state index in [1.54, 1.807) is 16.7 Å². The number of urea groups is 1. The van der Waals surface area contributed by atoms with Crippen LogP contribution in [0.3, 0.4) is 0 Å². The monoisotopic (exact) mass is 288 g/mol. The third-order valence-electron chi connectivity index (χ3n) is 3.62. The van der Waals surface area contributed by atoms with E-state index >= 15 is 0 Å². The van der Waals surface area contributed by atoms with Crippen LogP contribution in [0.1, 0.15) is 32.6 Å². The Morgan fingerprint density at radius 3 is 2.79 bits per heavy atom. The van der Waals surface area contributed by atoms with Crippen LogP contribution in [0, 0.1) is 5.41 Å². The number of hydrogen-bond donors (Lipinski definition) is 2. The van der Waals surface area contributed by atoms with E-state index in [9.17, 15) is 14.7 Å². The smallest absolute Gasteiger partial charge is 0.317 e. The van der Waals surface area contributed by atoms with Crippen molar-refractivity contribution in [3.63, 3.8) is 0 Å². The molecular weight excluding hydrogens is 264 g/mol. The minimum absolute atomic E-state index is 0.125. The maximum Gasteiger partial charge on any atom is 0.317 e. The van der Waals surface area contributed by atoms with Crippen molar-refractivity contribution in [3.8, 4) is 0 Å². The summed E-state index contributed by atoms with van der Waals surface area (Å²) in [5.74, 6) is 0.252. The van der Waals surface area contributed by atoms with Gasteiger partial charge >= 0.3 is 12.0 Å². The lowest BCUT2D eigenvalue weighted by atomic mass is 9.83. The second-order valence-electron chi connectivity index (χ2n) is 5.09. The third-order valence-corrected chi connectivity index (χ3v) is 4.32. The number of hydrogen-bond acceptors (Lipinski definition) is 3. The summed E-state index contributed by atoms with van der Waals surface area (Å²) in [5.41, 5.74) is -0.731. The van der Waals surface area contributed by atoms with Crippen molar-refractivity contribution in [3.05, 3.63) is 0 Å². The number of carboxylic acid groups (broad SMARTS) is 1. The molecule has 1 atom stereocenters. The lowest BCUT2D eigenvalue weighted by Crippen LogP contribution is -2.42. The Labute approximate surface area is 119 Å². The third kappa shape index (κ3) is 4.30. The molecule has 2 N–H and O–H groups in total. The van der Waals surface area contributed by atoms with Gasteiger partial charge in [0.1, 0.15) is 0 Å². The van der Waals surface area contributed by atoms with Gasteiger partial charge in [0.05, 0.1) is 5.41 Å². The van der Waals surface area contributed by atoms with Gasteiger partial charge in [0, 0.05) is 19.6 Å². The second kappa shape index (κ2) is 7.62. The largest absolute Gasteiger partial charge is 0.481 e. The van der Waals surface area contributed by atoms with Crippen LogP contribution in [0.2, 0.25) is 0 Å². The molecule has 0 aromatic heterocycles. The Bertz CT molecular complexity index is 325. The topological polar surface area (TPSA) is 69.6 Å². The van der Waals surface area contributed by atoms with E-state index in [2.05, 4.69) is 5.32 Å². The van der Waals surface area contributed by atoms with E-state index in [0.29, 0.717) is 32.5 Å². The lowest BCUT2D eigenvalue weighted by molar-refractivity contribution is -0.148. The molecule has 0 saturated carbocycles. The summed E-state index contributed by atoms with van der Waals surface area (Å²) in [7, 11) is 0. The fourth-order valence-corrected chi connectivity index (χ4v) is 2.97. The number of likely N-dealkylation sites (tertiary alicyclic amines) is 1. The molecule has 0 aromatic rings. The number of nitrogens with one attached hydrogen (secondary N) is 1. The predicted molar refractivity (Wildman–Crippen MR) is 77.6 cm³/mol. The molecule has 19 heavy (non-hydrogen) atoms. The molecule has 0 aromatic carbocycles. The highest BCUT2D eigenvalue weighted by Crippen LogP contribution is 2.35. The molecule has 2 amide bonds. The van der Waals surface area contributed by atoms with Crippen LogP contribution in [0.4, 0.5) is 4.79 Å². The van der Waals surface area contributed by atoms with E-state index in [1.807, 2.05) is 13.2 Å². The Morgan fingerprint density at radius 2 is 2.21 bits per heavy atom. The van der Waals surface area contributed by atoms with Crippen LogP contribution in [0.5, 0.6) is 0 Å². The lowest BCUT2D eigenvalue weighted by Gasteiger charge is -2.24. The molecule has 110 valence electrons. The molecule has 0 spiro atoms. The molecule has 1 rings (SSSR count). The number of carboxylic acids is 1. The minimum Gasteiger partial charge on any atom is -0.481 e. The average molecular weight is 288 g/mol. The highest BCUT2D eigenvalue weighted by atomic mass is 32.2. The van der Waals surface area contributed by atoms with Crippen LogP contribution < -0.4 is 5.32 Å². The molecule has 1 heterocycles. The molecule has 0 bridgehead atoms. The Balaban J connectivity index is 2.45. The van der Waals surface area contributed by atoms with Crippen molar-refractivity contribution in [2.45, 2.75) is 32.6 Å². The summed E-state index contributed by atoms with van der Waals surface area (Å²) >= 11 is 1.75. The maximum atomic E-state index is 11.9. The maximum absolute atomic E-state index is 11.9. The molecule has 1 saturated heterocycles. The van der Waals surface area contributed by atoms with Gasteiger partial charge in [-0.2, -0.15) is 11.8 Å². The van der Waals surface area contributed by atoms with E-state index in [-0.39, 0.29) is 6.03 Å². The van der Waals surface area contributed by atoms with Crippen LogP contribution >= 0.6 is 11.8 Å². The highest BCUT2D eigenvalue weighted by Gasteiger charge is 2.45. The van der Waals surface area contributed by atoms with Crippen molar-refractivity contribution < 1.29 is 14.7 Å². The summed E-state index contributed by atoms with van der Waals surface area (Å²) in [6.07, 6.45) is 5.01. The van der Waals surface area contributed by atoms with E-state index in [0.717, 1.165) is 18.6 Å². The molecule has 1 fully saturated rings. The number of carbonyl (C=O) groups is 2. The van der Waals surface area contributed by atoms with Crippen LogP contribution in [-0.2, 0) is 4.79 Å².